The van der Waals surface area contributed by atoms with Crippen molar-refractivity contribution < 1.29 is 4.92 Å². The van der Waals surface area contributed by atoms with Crippen molar-refractivity contribution >= 4 is 23.1 Å². The molecule has 19 heavy (non-hydrogen) atoms. The van der Waals surface area contributed by atoms with Gasteiger partial charge in [-0.25, -0.2) is 4.98 Å². The third-order valence-corrected chi connectivity index (χ3v) is 3.93. The quantitative estimate of drug-likeness (QED) is 0.394. The van der Waals surface area contributed by atoms with Gasteiger partial charge in [0, 0.05) is 12.1 Å². The molecule has 1 aromatic rings. The van der Waals surface area contributed by atoms with Crippen molar-refractivity contribution in [3.8, 4) is 0 Å². The number of nitrogens with one attached hydrogen (secondary N) is 1. The molecule has 104 valence electrons. The predicted molar refractivity (Wildman–Crippen MR) is 75.6 cm³/mol. The second-order valence-corrected chi connectivity index (χ2v) is 5.51. The fourth-order valence-electron chi connectivity index (χ4n) is 2.56. The van der Waals surface area contributed by atoms with Crippen molar-refractivity contribution in [1.29, 1.82) is 0 Å². The highest BCUT2D eigenvalue weighted by Crippen LogP contribution is 2.30. The van der Waals surface area contributed by atoms with Crippen LogP contribution in [0.4, 0.5) is 11.5 Å². The van der Waals surface area contributed by atoms with Crippen LogP contribution in [0.3, 0.4) is 0 Å². The maximum Gasteiger partial charge on any atom is 0.311 e. The number of pyridine rings is 1. The van der Waals surface area contributed by atoms with Crippen LogP contribution >= 0.6 is 11.6 Å². The third-order valence-electron chi connectivity index (χ3n) is 3.72. The first kappa shape index (κ1) is 14.1. The Kier molecular flexibility index (Phi) is 4.58. The first-order chi connectivity index (χ1) is 9.08. The summed E-state index contributed by atoms with van der Waals surface area (Å²) in [6, 6.07) is 3.08. The number of halogens is 1. The molecule has 2 unspecified atom stereocenters. The summed E-state index contributed by atoms with van der Waals surface area (Å²) in [4.78, 5) is 14.6. The zero-order chi connectivity index (χ0) is 13.8. The van der Waals surface area contributed by atoms with Gasteiger partial charge in [0.05, 0.1) is 4.92 Å². The molecule has 5 nitrogen and oxygen atoms in total. The van der Waals surface area contributed by atoms with Crippen LogP contribution in [-0.2, 0) is 0 Å². The molecular formula is C13H18ClN3O2. The van der Waals surface area contributed by atoms with Crippen LogP contribution in [0.25, 0.3) is 0 Å². The SMILES string of the molecule is CC1CCCCCC1Nc1nc(Cl)ccc1[N+](=O)[O-]. The molecule has 1 aliphatic rings. The second kappa shape index (κ2) is 6.19. The van der Waals surface area contributed by atoms with E-state index in [0.29, 0.717) is 5.92 Å². The van der Waals surface area contributed by atoms with Crippen LogP contribution in [0.2, 0.25) is 5.15 Å². The van der Waals surface area contributed by atoms with E-state index < -0.39 is 4.92 Å². The van der Waals surface area contributed by atoms with Crippen molar-refractivity contribution in [3.05, 3.63) is 27.4 Å². The zero-order valence-electron chi connectivity index (χ0n) is 10.9. The van der Waals surface area contributed by atoms with E-state index in [1.807, 2.05) is 0 Å². The lowest BCUT2D eigenvalue weighted by Crippen LogP contribution is -2.27. The van der Waals surface area contributed by atoms with Gasteiger partial charge in [-0.1, -0.05) is 37.8 Å². The number of nitro groups is 1. The number of hydrogen-bond acceptors (Lipinski definition) is 4. The Balaban J connectivity index is 2.21. The molecule has 0 bridgehead atoms. The highest BCUT2D eigenvalue weighted by molar-refractivity contribution is 6.29. The van der Waals surface area contributed by atoms with Gasteiger partial charge in [0.1, 0.15) is 5.15 Å². The average Bonchev–Trinajstić information content (AvgIpc) is 2.55. The van der Waals surface area contributed by atoms with Crippen LogP contribution in [0, 0.1) is 16.0 Å². The monoisotopic (exact) mass is 283 g/mol. The molecule has 0 radical (unpaired) electrons. The molecule has 0 saturated heterocycles. The highest BCUT2D eigenvalue weighted by Gasteiger charge is 2.24. The predicted octanol–water partition coefficient (Wildman–Crippen LogP) is 4.02. The largest absolute Gasteiger partial charge is 0.361 e. The standard InChI is InChI=1S/C13H18ClN3O2/c1-9-5-3-2-4-6-10(9)15-13-11(17(18)19)7-8-12(14)16-13/h7-10H,2-6H2,1H3,(H,15,16). The Morgan fingerprint density at radius 1 is 1.37 bits per heavy atom. The lowest BCUT2D eigenvalue weighted by atomic mass is 9.97. The summed E-state index contributed by atoms with van der Waals surface area (Å²) in [5.41, 5.74) is -0.0131. The average molecular weight is 284 g/mol. The molecule has 2 atom stereocenters. The molecule has 0 amide bonds. The number of anilines is 1. The van der Waals surface area contributed by atoms with Crippen molar-refractivity contribution in [3.63, 3.8) is 0 Å². The van der Waals surface area contributed by atoms with Crippen LogP contribution in [-0.4, -0.2) is 15.9 Å². The van der Waals surface area contributed by atoms with Gasteiger partial charge >= 0.3 is 5.69 Å². The van der Waals surface area contributed by atoms with E-state index in [1.54, 1.807) is 0 Å². The maximum absolute atomic E-state index is 11.0. The molecule has 1 aliphatic carbocycles. The summed E-state index contributed by atoms with van der Waals surface area (Å²) in [5, 5.41) is 14.5. The number of rotatable bonds is 3. The normalized spacial score (nSPS) is 23.7. The summed E-state index contributed by atoms with van der Waals surface area (Å²) < 4.78 is 0. The highest BCUT2D eigenvalue weighted by atomic mass is 35.5. The molecule has 6 heteroatoms. The van der Waals surface area contributed by atoms with E-state index in [4.69, 9.17) is 11.6 Å². The van der Waals surface area contributed by atoms with Gasteiger partial charge in [-0.2, -0.15) is 0 Å². The summed E-state index contributed by atoms with van der Waals surface area (Å²) in [7, 11) is 0. The van der Waals surface area contributed by atoms with Gasteiger partial charge in [-0.05, 0) is 24.8 Å². The minimum atomic E-state index is -0.424. The lowest BCUT2D eigenvalue weighted by molar-refractivity contribution is -0.384. The molecular weight excluding hydrogens is 266 g/mol. The lowest BCUT2D eigenvalue weighted by Gasteiger charge is -2.23. The van der Waals surface area contributed by atoms with E-state index in [9.17, 15) is 10.1 Å². The van der Waals surface area contributed by atoms with Crippen LogP contribution < -0.4 is 5.32 Å². The van der Waals surface area contributed by atoms with E-state index in [1.165, 1.54) is 25.0 Å². The topological polar surface area (TPSA) is 68.1 Å². The van der Waals surface area contributed by atoms with Gasteiger partial charge in [0.15, 0.2) is 0 Å². The Morgan fingerprint density at radius 2 is 2.11 bits per heavy atom. The smallest absolute Gasteiger partial charge is 0.311 e. The molecule has 2 rings (SSSR count). The minimum Gasteiger partial charge on any atom is -0.361 e. The fourth-order valence-corrected chi connectivity index (χ4v) is 2.71. The Labute approximate surface area is 117 Å². The van der Waals surface area contributed by atoms with E-state index in [2.05, 4.69) is 17.2 Å². The van der Waals surface area contributed by atoms with Crippen LogP contribution in [0.5, 0.6) is 0 Å². The molecule has 1 N–H and O–H groups in total. The number of nitrogens with zero attached hydrogens (tertiary/aromatic N) is 2. The zero-order valence-corrected chi connectivity index (χ0v) is 11.7. The Bertz CT molecular complexity index is 467. The molecule has 1 heterocycles. The van der Waals surface area contributed by atoms with Crippen molar-refractivity contribution in [2.75, 3.05) is 5.32 Å². The fraction of sp³-hybridized carbons (Fsp3) is 0.615. The first-order valence-electron chi connectivity index (χ1n) is 6.65. The number of aromatic nitrogens is 1. The van der Waals surface area contributed by atoms with E-state index in [-0.39, 0.29) is 22.7 Å². The molecule has 1 saturated carbocycles. The van der Waals surface area contributed by atoms with Crippen molar-refractivity contribution in [2.45, 2.75) is 45.1 Å². The number of hydrogen-bond donors (Lipinski definition) is 1. The van der Waals surface area contributed by atoms with Crippen molar-refractivity contribution in [2.24, 2.45) is 5.92 Å². The molecule has 1 aromatic heterocycles. The minimum absolute atomic E-state index is 0.0131. The van der Waals surface area contributed by atoms with Gasteiger partial charge in [-0.15, -0.1) is 0 Å². The van der Waals surface area contributed by atoms with Crippen LogP contribution in [0.1, 0.15) is 39.0 Å². The first-order valence-corrected chi connectivity index (χ1v) is 7.03. The Morgan fingerprint density at radius 3 is 2.84 bits per heavy atom. The van der Waals surface area contributed by atoms with Gasteiger partial charge < -0.3 is 5.32 Å². The van der Waals surface area contributed by atoms with Crippen LogP contribution in [0.15, 0.2) is 12.1 Å². The van der Waals surface area contributed by atoms with Gasteiger partial charge in [0.2, 0.25) is 5.82 Å². The second-order valence-electron chi connectivity index (χ2n) is 5.12. The summed E-state index contributed by atoms with van der Waals surface area (Å²) in [5.74, 6) is 0.777. The third kappa shape index (κ3) is 3.56. The maximum atomic E-state index is 11.0. The van der Waals surface area contributed by atoms with Crippen molar-refractivity contribution in [1.82, 2.24) is 4.98 Å². The van der Waals surface area contributed by atoms with E-state index >= 15 is 0 Å². The summed E-state index contributed by atoms with van der Waals surface area (Å²) >= 11 is 5.83. The summed E-state index contributed by atoms with van der Waals surface area (Å²) in [6.45, 7) is 2.18. The molecule has 0 aromatic carbocycles. The Hall–Kier alpha value is -1.36. The summed E-state index contributed by atoms with van der Waals surface area (Å²) in [6.07, 6.45) is 5.77. The molecule has 0 aliphatic heterocycles. The van der Waals surface area contributed by atoms with Gasteiger partial charge in [0.25, 0.3) is 0 Å². The molecule has 1 fully saturated rings. The van der Waals surface area contributed by atoms with E-state index in [0.717, 1.165) is 19.3 Å². The van der Waals surface area contributed by atoms with Gasteiger partial charge in [-0.3, -0.25) is 10.1 Å². The molecule has 0 spiro atoms.